The van der Waals surface area contributed by atoms with Gasteiger partial charge < -0.3 is 7.58 Å². The SMILES string of the molecule is C[CH2][Al]1[O]c2ccc(Br)cc2/C=C/[C@@H]2CCCC[C@H]2/C=C/c2cc(Br)ccc2[O]1. The molecule has 4 rings (SSSR count). The molecular weight excluding hydrogens is 507 g/mol. The summed E-state index contributed by atoms with van der Waals surface area (Å²) in [6.07, 6.45) is 14.4. The fraction of sp³-hybridized carbons (Fsp3) is 0.333. The van der Waals surface area contributed by atoms with E-state index >= 15 is 0 Å². The summed E-state index contributed by atoms with van der Waals surface area (Å²) in [4.78, 5) is 0. The van der Waals surface area contributed by atoms with Gasteiger partial charge in [0.2, 0.25) is 0 Å². The first-order chi connectivity index (χ1) is 14.1. The summed E-state index contributed by atoms with van der Waals surface area (Å²) in [5.74, 6) is 2.95. The molecule has 0 bridgehead atoms. The number of hydrogen-bond donors (Lipinski definition) is 0. The Balaban J connectivity index is 1.79. The Hall–Kier alpha value is -0.988. The van der Waals surface area contributed by atoms with Crippen molar-refractivity contribution in [2.24, 2.45) is 11.8 Å². The molecule has 0 saturated heterocycles. The van der Waals surface area contributed by atoms with Crippen molar-refractivity contribution in [3.63, 3.8) is 0 Å². The van der Waals surface area contributed by atoms with Crippen molar-refractivity contribution in [3.8, 4) is 11.5 Å². The molecule has 1 aliphatic carbocycles. The average molecular weight is 532 g/mol. The highest BCUT2D eigenvalue weighted by Crippen LogP contribution is 2.36. The molecule has 1 heterocycles. The van der Waals surface area contributed by atoms with Crippen LogP contribution in [0.4, 0.5) is 0 Å². The number of allylic oxidation sites excluding steroid dienone is 2. The van der Waals surface area contributed by atoms with Gasteiger partial charge in [0, 0.05) is 20.1 Å². The van der Waals surface area contributed by atoms with Crippen LogP contribution in [0.15, 0.2) is 57.5 Å². The maximum absolute atomic E-state index is 6.45. The van der Waals surface area contributed by atoms with Gasteiger partial charge in [0.15, 0.2) is 0 Å². The third kappa shape index (κ3) is 5.39. The Morgan fingerprint density at radius 3 is 1.76 bits per heavy atom. The van der Waals surface area contributed by atoms with Gasteiger partial charge in [0.1, 0.15) is 0 Å². The Morgan fingerprint density at radius 2 is 1.31 bits per heavy atom. The van der Waals surface area contributed by atoms with Crippen LogP contribution in [-0.2, 0) is 0 Å². The van der Waals surface area contributed by atoms with Gasteiger partial charge in [0.05, 0.1) is 11.5 Å². The van der Waals surface area contributed by atoms with E-state index in [1.165, 1.54) is 25.7 Å². The second-order valence-electron chi connectivity index (χ2n) is 7.77. The molecule has 29 heavy (non-hydrogen) atoms. The second-order valence-corrected chi connectivity index (χ2v) is 11.7. The standard InChI is InChI=1S/C22H22Br2O2.C2H5.Al/c23-19-9-11-21(25)17(13-19)7-5-15-3-1-2-4-16(15)6-8-18-14-20(24)10-12-22(18)26;1-2;/h5-16,25-26H,1-4H2;1H2,2H3;/q;;+2/p-2/b7-5+,8-6+;;/t15-,16-;;/m0../s1. The van der Waals surface area contributed by atoms with Gasteiger partial charge in [-0.15, -0.1) is 0 Å². The summed E-state index contributed by atoms with van der Waals surface area (Å²) in [6.45, 7) is 2.15. The van der Waals surface area contributed by atoms with E-state index < -0.39 is 14.8 Å². The van der Waals surface area contributed by atoms with Crippen molar-refractivity contribution >= 4 is 58.8 Å². The molecular formula is C24H25AlBr2O2. The molecule has 0 N–H and O–H groups in total. The minimum atomic E-state index is -1.92. The molecule has 1 fully saturated rings. The normalized spacial score (nSPS) is 23.6. The van der Waals surface area contributed by atoms with E-state index in [-0.39, 0.29) is 0 Å². The van der Waals surface area contributed by atoms with Gasteiger partial charge in [-0.05, 0) is 66.4 Å². The molecule has 0 radical (unpaired) electrons. The molecule has 0 spiro atoms. The number of rotatable bonds is 1. The van der Waals surface area contributed by atoms with E-state index in [9.17, 15) is 0 Å². The summed E-state index contributed by atoms with van der Waals surface area (Å²) >= 11 is 5.31. The average Bonchev–Trinajstić information content (AvgIpc) is 2.74. The molecule has 2 aliphatic rings. The van der Waals surface area contributed by atoms with Crippen LogP contribution in [0.3, 0.4) is 0 Å². The molecule has 1 saturated carbocycles. The zero-order valence-electron chi connectivity index (χ0n) is 16.6. The molecule has 2 aromatic rings. The smallest absolute Gasteiger partial charge is 0.611 e. The summed E-state index contributed by atoms with van der Waals surface area (Å²) < 4.78 is 15.0. The predicted molar refractivity (Wildman–Crippen MR) is 129 cm³/mol. The summed E-state index contributed by atoms with van der Waals surface area (Å²) in [6, 6.07) is 12.5. The van der Waals surface area contributed by atoms with Crippen molar-refractivity contribution in [2.45, 2.75) is 37.9 Å². The van der Waals surface area contributed by atoms with Gasteiger partial charge in [-0.25, -0.2) is 0 Å². The van der Waals surface area contributed by atoms with E-state index in [2.05, 4.69) is 87.4 Å². The third-order valence-corrected chi connectivity index (χ3v) is 8.40. The van der Waals surface area contributed by atoms with Crippen LogP contribution in [0, 0.1) is 11.8 Å². The van der Waals surface area contributed by atoms with Crippen molar-refractivity contribution in [1.29, 1.82) is 0 Å². The maximum atomic E-state index is 6.45. The highest BCUT2D eigenvalue weighted by Gasteiger charge is 2.31. The summed E-state index contributed by atoms with van der Waals surface area (Å²) in [5.41, 5.74) is 2.25. The van der Waals surface area contributed by atoms with Crippen LogP contribution >= 0.6 is 31.9 Å². The van der Waals surface area contributed by atoms with Gasteiger partial charge >= 0.3 is 14.8 Å². The lowest BCUT2D eigenvalue weighted by molar-refractivity contribution is 0.339. The highest BCUT2D eigenvalue weighted by atomic mass is 79.9. The molecule has 2 aromatic carbocycles. The van der Waals surface area contributed by atoms with Crippen molar-refractivity contribution in [2.75, 3.05) is 0 Å². The monoisotopic (exact) mass is 530 g/mol. The maximum Gasteiger partial charge on any atom is 0.856 e. The third-order valence-electron chi connectivity index (χ3n) is 5.71. The molecule has 0 amide bonds. The van der Waals surface area contributed by atoms with Gasteiger partial charge in [-0.2, -0.15) is 0 Å². The van der Waals surface area contributed by atoms with E-state index in [0.717, 1.165) is 36.9 Å². The first-order valence-electron chi connectivity index (χ1n) is 10.4. The summed E-state index contributed by atoms with van der Waals surface area (Å²) in [7, 11) is 0. The van der Waals surface area contributed by atoms with Gasteiger partial charge in [-0.1, -0.05) is 75.9 Å². The summed E-state index contributed by atoms with van der Waals surface area (Å²) in [5, 5.41) is 0.893. The zero-order chi connectivity index (χ0) is 20.2. The van der Waals surface area contributed by atoms with Crippen molar-refractivity contribution < 1.29 is 7.58 Å². The van der Waals surface area contributed by atoms with Crippen LogP contribution in [0.25, 0.3) is 12.2 Å². The van der Waals surface area contributed by atoms with Crippen LogP contribution in [0.1, 0.15) is 43.7 Å². The molecule has 2 nitrogen and oxygen atoms in total. The first-order valence-corrected chi connectivity index (χ1v) is 13.8. The second kappa shape index (κ2) is 9.88. The van der Waals surface area contributed by atoms with Crippen molar-refractivity contribution in [3.05, 3.63) is 68.6 Å². The van der Waals surface area contributed by atoms with Crippen LogP contribution < -0.4 is 7.58 Å². The largest absolute Gasteiger partial charge is 0.856 e. The topological polar surface area (TPSA) is 18.5 Å². The zero-order valence-corrected chi connectivity index (χ0v) is 20.9. The van der Waals surface area contributed by atoms with E-state index in [4.69, 9.17) is 7.58 Å². The fourth-order valence-corrected chi connectivity index (χ4v) is 6.24. The van der Waals surface area contributed by atoms with Crippen LogP contribution in [0.2, 0.25) is 5.28 Å². The van der Waals surface area contributed by atoms with Crippen LogP contribution in [0.5, 0.6) is 11.5 Å². The molecule has 2 atom stereocenters. The molecule has 150 valence electrons. The Bertz CT molecular complexity index is 852. The van der Waals surface area contributed by atoms with Crippen LogP contribution in [-0.4, -0.2) is 14.8 Å². The number of hydrogen-bond acceptors (Lipinski definition) is 2. The van der Waals surface area contributed by atoms with Gasteiger partial charge in [0.25, 0.3) is 0 Å². The Morgan fingerprint density at radius 1 is 0.828 bits per heavy atom. The first kappa shape index (κ1) is 21.3. The lowest BCUT2D eigenvalue weighted by Crippen LogP contribution is -2.29. The van der Waals surface area contributed by atoms with Gasteiger partial charge in [-0.3, -0.25) is 0 Å². The van der Waals surface area contributed by atoms with E-state index in [0.29, 0.717) is 11.8 Å². The minimum absolute atomic E-state index is 0.559. The highest BCUT2D eigenvalue weighted by molar-refractivity contribution is 9.10. The Kier molecular flexibility index (Phi) is 7.24. The quantitative estimate of drug-likeness (QED) is 0.347. The van der Waals surface area contributed by atoms with Crippen molar-refractivity contribution in [1.82, 2.24) is 0 Å². The lowest BCUT2D eigenvalue weighted by atomic mass is 9.78. The molecule has 0 unspecified atom stereocenters. The molecule has 5 heteroatoms. The molecule has 1 aliphatic heterocycles. The predicted octanol–water partition coefficient (Wildman–Crippen LogP) is 8.02. The van der Waals surface area contributed by atoms with E-state index in [1.807, 2.05) is 12.1 Å². The lowest BCUT2D eigenvalue weighted by Gasteiger charge is -2.27. The number of halogens is 2. The van der Waals surface area contributed by atoms with E-state index in [1.54, 1.807) is 0 Å². The fourth-order valence-electron chi connectivity index (χ4n) is 4.11. The minimum Gasteiger partial charge on any atom is -0.611 e. The number of benzene rings is 2. The Labute approximate surface area is 195 Å². The number of fused-ring (bicyclic) bond motifs is 3. The molecule has 0 aromatic heterocycles.